The zero-order chi connectivity index (χ0) is 12.8. The van der Waals surface area contributed by atoms with E-state index in [0.29, 0.717) is 22.2 Å². The first-order valence-electron chi connectivity index (χ1n) is 5.56. The van der Waals surface area contributed by atoms with Crippen molar-refractivity contribution in [1.29, 1.82) is 0 Å². The summed E-state index contributed by atoms with van der Waals surface area (Å²) in [7, 11) is 0. The first kappa shape index (κ1) is 14.3. The molecular formula is C12H16Cl2N2O. The smallest absolute Gasteiger partial charge is 0.241 e. The summed E-state index contributed by atoms with van der Waals surface area (Å²) in [6, 6.07) is 4.40. The molecule has 1 amide bonds. The number of hydrogen-bond acceptors (Lipinski definition) is 2. The number of benzene rings is 1. The first-order valence-corrected chi connectivity index (χ1v) is 6.31. The molecule has 0 aliphatic carbocycles. The van der Waals surface area contributed by atoms with Crippen LogP contribution in [0.4, 0.5) is 5.69 Å². The minimum atomic E-state index is -0.509. The van der Waals surface area contributed by atoms with Crippen molar-refractivity contribution in [3.05, 3.63) is 28.2 Å². The van der Waals surface area contributed by atoms with E-state index in [4.69, 9.17) is 28.9 Å². The van der Waals surface area contributed by atoms with Crippen molar-refractivity contribution in [2.75, 3.05) is 5.32 Å². The van der Waals surface area contributed by atoms with E-state index in [2.05, 4.69) is 12.2 Å². The van der Waals surface area contributed by atoms with Gasteiger partial charge in [-0.15, -0.1) is 0 Å². The van der Waals surface area contributed by atoms with Crippen LogP contribution in [0.15, 0.2) is 18.2 Å². The molecule has 0 aromatic heterocycles. The van der Waals surface area contributed by atoms with Crippen LogP contribution >= 0.6 is 23.2 Å². The average Bonchev–Trinajstić information content (AvgIpc) is 2.30. The average molecular weight is 275 g/mol. The molecule has 0 radical (unpaired) electrons. The monoisotopic (exact) mass is 274 g/mol. The van der Waals surface area contributed by atoms with E-state index in [1.54, 1.807) is 18.2 Å². The van der Waals surface area contributed by atoms with Crippen LogP contribution in [0, 0.1) is 0 Å². The maximum absolute atomic E-state index is 11.7. The molecule has 1 aromatic rings. The zero-order valence-electron chi connectivity index (χ0n) is 9.67. The molecule has 1 rings (SSSR count). The maximum Gasteiger partial charge on any atom is 0.241 e. The molecule has 1 aromatic carbocycles. The summed E-state index contributed by atoms with van der Waals surface area (Å²) in [5, 5.41) is 3.65. The van der Waals surface area contributed by atoms with E-state index >= 15 is 0 Å². The second-order valence-corrected chi connectivity index (χ2v) is 4.71. The van der Waals surface area contributed by atoms with E-state index < -0.39 is 6.04 Å². The predicted molar refractivity (Wildman–Crippen MR) is 72.6 cm³/mol. The van der Waals surface area contributed by atoms with Crippen LogP contribution in [0.3, 0.4) is 0 Å². The van der Waals surface area contributed by atoms with Gasteiger partial charge in [0.15, 0.2) is 0 Å². The van der Waals surface area contributed by atoms with Crippen molar-refractivity contribution in [3.63, 3.8) is 0 Å². The highest BCUT2D eigenvalue weighted by Gasteiger charge is 2.14. The van der Waals surface area contributed by atoms with E-state index in [9.17, 15) is 4.79 Å². The number of halogens is 2. The Balaban J connectivity index is 2.64. The van der Waals surface area contributed by atoms with Gasteiger partial charge < -0.3 is 11.1 Å². The van der Waals surface area contributed by atoms with Crippen molar-refractivity contribution in [2.45, 2.75) is 32.2 Å². The highest BCUT2D eigenvalue weighted by atomic mass is 35.5. The molecule has 5 heteroatoms. The molecule has 0 heterocycles. The van der Waals surface area contributed by atoms with Crippen molar-refractivity contribution in [2.24, 2.45) is 5.73 Å². The van der Waals surface area contributed by atoms with Crippen molar-refractivity contribution in [1.82, 2.24) is 0 Å². The van der Waals surface area contributed by atoms with Crippen molar-refractivity contribution >= 4 is 34.8 Å². The molecule has 17 heavy (non-hydrogen) atoms. The fourth-order valence-electron chi connectivity index (χ4n) is 1.37. The van der Waals surface area contributed by atoms with Crippen LogP contribution in [-0.2, 0) is 4.79 Å². The number of hydrogen-bond donors (Lipinski definition) is 2. The number of carbonyl (C=O) groups is 1. The SMILES string of the molecule is CCCC[C@H](N)C(=O)Nc1cc(Cl)ccc1Cl. The van der Waals surface area contributed by atoms with Gasteiger partial charge in [0.05, 0.1) is 16.8 Å². The molecule has 0 bridgehead atoms. The Morgan fingerprint density at radius 3 is 2.82 bits per heavy atom. The topological polar surface area (TPSA) is 55.1 Å². The standard InChI is InChI=1S/C12H16Cl2N2O/c1-2-3-4-10(15)12(17)16-11-7-8(13)5-6-9(11)14/h5-7,10H,2-4,15H2,1H3,(H,16,17)/t10-/m0/s1. The van der Waals surface area contributed by atoms with Gasteiger partial charge in [0.1, 0.15) is 0 Å². The first-order chi connectivity index (χ1) is 8.04. The lowest BCUT2D eigenvalue weighted by molar-refractivity contribution is -0.117. The minimum absolute atomic E-state index is 0.234. The van der Waals surface area contributed by atoms with Crippen LogP contribution in [0.2, 0.25) is 10.0 Å². The lowest BCUT2D eigenvalue weighted by Crippen LogP contribution is -2.35. The zero-order valence-corrected chi connectivity index (χ0v) is 11.2. The second kappa shape index (κ2) is 6.84. The van der Waals surface area contributed by atoms with E-state index in [1.807, 2.05) is 0 Å². The number of carbonyl (C=O) groups excluding carboxylic acids is 1. The van der Waals surface area contributed by atoms with Gasteiger partial charge in [-0.2, -0.15) is 0 Å². The molecule has 3 N–H and O–H groups in total. The van der Waals surface area contributed by atoms with Crippen LogP contribution < -0.4 is 11.1 Å². The molecule has 0 aliphatic heterocycles. The summed E-state index contributed by atoms with van der Waals surface area (Å²) < 4.78 is 0. The summed E-state index contributed by atoms with van der Waals surface area (Å²) in [6.07, 6.45) is 2.61. The van der Waals surface area contributed by atoms with Crippen LogP contribution in [-0.4, -0.2) is 11.9 Å². The van der Waals surface area contributed by atoms with Gasteiger partial charge in [-0.05, 0) is 24.6 Å². The number of nitrogens with one attached hydrogen (secondary N) is 1. The Kier molecular flexibility index (Phi) is 5.75. The van der Waals surface area contributed by atoms with Gasteiger partial charge in [0.2, 0.25) is 5.91 Å². The largest absolute Gasteiger partial charge is 0.323 e. The van der Waals surface area contributed by atoms with Gasteiger partial charge in [-0.25, -0.2) is 0 Å². The van der Waals surface area contributed by atoms with Gasteiger partial charge in [-0.1, -0.05) is 43.0 Å². The van der Waals surface area contributed by atoms with Crippen LogP contribution in [0.25, 0.3) is 0 Å². The Labute approximate surface area is 111 Å². The molecule has 0 fully saturated rings. The highest BCUT2D eigenvalue weighted by molar-refractivity contribution is 6.35. The Hall–Kier alpha value is -0.770. The Morgan fingerprint density at radius 2 is 2.18 bits per heavy atom. The Morgan fingerprint density at radius 1 is 1.47 bits per heavy atom. The lowest BCUT2D eigenvalue weighted by Gasteiger charge is -2.12. The number of amides is 1. The molecule has 0 unspecified atom stereocenters. The maximum atomic E-state index is 11.7. The molecule has 0 aliphatic rings. The summed E-state index contributed by atoms with van der Waals surface area (Å²) in [6.45, 7) is 2.05. The van der Waals surface area contributed by atoms with Crippen LogP contribution in [0.5, 0.6) is 0 Å². The van der Waals surface area contributed by atoms with Gasteiger partial charge >= 0.3 is 0 Å². The van der Waals surface area contributed by atoms with E-state index in [0.717, 1.165) is 12.8 Å². The molecule has 0 saturated heterocycles. The third kappa shape index (κ3) is 4.54. The lowest BCUT2D eigenvalue weighted by atomic mass is 10.1. The van der Waals surface area contributed by atoms with Gasteiger partial charge in [-0.3, -0.25) is 4.79 Å². The van der Waals surface area contributed by atoms with Gasteiger partial charge in [0, 0.05) is 5.02 Å². The minimum Gasteiger partial charge on any atom is -0.323 e. The summed E-state index contributed by atoms with van der Waals surface area (Å²) in [4.78, 5) is 11.7. The summed E-state index contributed by atoms with van der Waals surface area (Å²) >= 11 is 11.8. The second-order valence-electron chi connectivity index (χ2n) is 3.86. The third-order valence-electron chi connectivity index (χ3n) is 2.39. The molecule has 94 valence electrons. The number of rotatable bonds is 5. The summed E-state index contributed by atoms with van der Waals surface area (Å²) in [5.74, 6) is -0.234. The fourth-order valence-corrected chi connectivity index (χ4v) is 1.71. The van der Waals surface area contributed by atoms with Crippen molar-refractivity contribution in [3.8, 4) is 0 Å². The van der Waals surface area contributed by atoms with E-state index in [1.165, 1.54) is 0 Å². The molecule has 0 saturated carbocycles. The number of unbranched alkanes of at least 4 members (excludes halogenated alkanes) is 1. The normalized spacial score (nSPS) is 12.2. The van der Waals surface area contributed by atoms with Gasteiger partial charge in [0.25, 0.3) is 0 Å². The van der Waals surface area contributed by atoms with Crippen LogP contribution in [0.1, 0.15) is 26.2 Å². The van der Waals surface area contributed by atoms with Crippen molar-refractivity contribution < 1.29 is 4.79 Å². The summed E-state index contributed by atoms with van der Waals surface area (Å²) in [5.41, 5.74) is 6.25. The van der Waals surface area contributed by atoms with E-state index in [-0.39, 0.29) is 5.91 Å². The number of nitrogens with two attached hydrogens (primary N) is 1. The molecular weight excluding hydrogens is 259 g/mol. The highest BCUT2D eigenvalue weighted by Crippen LogP contribution is 2.25. The molecule has 3 nitrogen and oxygen atoms in total. The molecule has 0 spiro atoms. The Bertz CT molecular complexity index is 396. The molecule has 1 atom stereocenters. The third-order valence-corrected chi connectivity index (χ3v) is 2.96. The predicted octanol–water partition coefficient (Wildman–Crippen LogP) is 3.45. The number of anilines is 1. The quantitative estimate of drug-likeness (QED) is 0.864. The fraction of sp³-hybridized carbons (Fsp3) is 0.417.